The first-order chi connectivity index (χ1) is 22.4. The van der Waals surface area contributed by atoms with Crippen molar-refractivity contribution < 1.29 is 32.2 Å². The van der Waals surface area contributed by atoms with E-state index in [0.717, 1.165) is 12.0 Å². The molecule has 1 aliphatic carbocycles. The van der Waals surface area contributed by atoms with Crippen molar-refractivity contribution >= 4 is 33.0 Å². The number of oxazole rings is 1. The number of nitrogens with zero attached hydrogens (tertiary/aromatic N) is 2. The lowest BCUT2D eigenvalue weighted by Crippen LogP contribution is -2.56. The van der Waals surface area contributed by atoms with E-state index >= 15 is 0 Å². The Morgan fingerprint density at radius 2 is 1.81 bits per heavy atom. The van der Waals surface area contributed by atoms with E-state index in [1.165, 1.54) is 16.4 Å². The summed E-state index contributed by atoms with van der Waals surface area (Å²) in [6.07, 6.45) is -0.239. The molecule has 12 nitrogen and oxygen atoms in total. The molecule has 256 valence electrons. The molecule has 5 N–H and O–H groups in total. The highest BCUT2D eigenvalue weighted by Crippen LogP contribution is 2.52. The van der Waals surface area contributed by atoms with Crippen molar-refractivity contribution in [3.63, 3.8) is 0 Å². The molecular formula is C34H47N5O7S. The molecule has 8 atom stereocenters. The minimum absolute atomic E-state index is 0.0300. The number of nitrogens with two attached hydrogens (primary N) is 1. The van der Waals surface area contributed by atoms with Crippen LogP contribution in [0.3, 0.4) is 0 Å². The number of nitrogens with one attached hydrogen (secondary N) is 2. The minimum atomic E-state index is -4.08. The van der Waals surface area contributed by atoms with E-state index in [2.05, 4.69) is 15.6 Å². The van der Waals surface area contributed by atoms with Gasteiger partial charge in [0.1, 0.15) is 5.52 Å². The van der Waals surface area contributed by atoms with Crippen LogP contribution in [0.1, 0.15) is 39.7 Å². The number of sulfonamides is 1. The van der Waals surface area contributed by atoms with E-state index in [-0.39, 0.29) is 65.8 Å². The van der Waals surface area contributed by atoms with Gasteiger partial charge in [0.2, 0.25) is 15.9 Å². The van der Waals surface area contributed by atoms with Crippen LogP contribution < -0.4 is 16.4 Å². The van der Waals surface area contributed by atoms with E-state index in [1.807, 2.05) is 58.0 Å². The number of fused-ring (bicyclic) bond motifs is 2. The molecular weight excluding hydrogens is 622 g/mol. The Kier molecular flexibility index (Phi) is 9.94. The zero-order chi connectivity index (χ0) is 33.5. The summed E-state index contributed by atoms with van der Waals surface area (Å²) in [5.41, 5.74) is 8.42. The second kappa shape index (κ2) is 13.8. The highest BCUT2D eigenvalue weighted by atomic mass is 32.2. The molecule has 2 bridgehead atoms. The molecule has 2 unspecified atom stereocenters. The Morgan fingerprint density at radius 1 is 1.06 bits per heavy atom. The minimum Gasteiger partial charge on any atom is -0.424 e. The Hall–Kier alpha value is -3.07. The van der Waals surface area contributed by atoms with Crippen LogP contribution in [0.15, 0.2) is 57.8 Å². The lowest BCUT2D eigenvalue weighted by atomic mass is 9.83. The molecule has 3 fully saturated rings. The number of benzene rings is 2. The molecule has 3 heterocycles. The first-order valence-corrected chi connectivity index (χ1v) is 18.0. The van der Waals surface area contributed by atoms with Crippen LogP contribution in [-0.2, 0) is 30.7 Å². The number of aliphatic hydroxyl groups excluding tert-OH is 1. The molecule has 6 rings (SSSR count). The van der Waals surface area contributed by atoms with Gasteiger partial charge >= 0.3 is 0 Å². The monoisotopic (exact) mass is 669 g/mol. The van der Waals surface area contributed by atoms with Crippen LogP contribution in [0.4, 0.5) is 6.01 Å². The highest BCUT2D eigenvalue weighted by molar-refractivity contribution is 7.89. The number of anilines is 1. The molecule has 1 amide bonds. The van der Waals surface area contributed by atoms with E-state index in [9.17, 15) is 18.3 Å². The third-order valence-electron chi connectivity index (χ3n) is 9.62. The predicted octanol–water partition coefficient (Wildman–Crippen LogP) is 2.97. The fourth-order valence-corrected chi connectivity index (χ4v) is 9.10. The molecule has 3 aliphatic rings. The zero-order valence-electron chi connectivity index (χ0n) is 27.4. The van der Waals surface area contributed by atoms with Crippen molar-refractivity contribution in [2.45, 2.75) is 76.0 Å². The SMILES string of the molecule is CC(C)CN(C[C@@H](O)[C@H](Cc1ccccc1)NC(=O)[C@H](N)[C@H]1C2CO[C@H]3OC[C@@H]1C3C2)S(=O)(=O)c1ccc2nc(NC(C)C)oc2c1. The van der Waals surface area contributed by atoms with Gasteiger partial charge in [0.05, 0.1) is 36.3 Å². The zero-order valence-corrected chi connectivity index (χ0v) is 28.2. The topological polar surface area (TPSA) is 169 Å². The number of ether oxygens (including phenoxy) is 2. The second-order valence-corrected chi connectivity index (χ2v) is 15.9. The summed E-state index contributed by atoms with van der Waals surface area (Å²) in [4.78, 5) is 18.2. The van der Waals surface area contributed by atoms with Crippen LogP contribution >= 0.6 is 0 Å². The first-order valence-electron chi connectivity index (χ1n) is 16.6. The molecule has 0 spiro atoms. The fourth-order valence-electron chi connectivity index (χ4n) is 7.46. The lowest BCUT2D eigenvalue weighted by Gasteiger charge is -2.33. The van der Waals surface area contributed by atoms with Crippen LogP contribution in [0.5, 0.6) is 0 Å². The summed E-state index contributed by atoms with van der Waals surface area (Å²) in [7, 11) is -4.08. The smallest absolute Gasteiger partial charge is 0.295 e. The van der Waals surface area contributed by atoms with Gasteiger partial charge in [-0.05, 0) is 68.1 Å². The Morgan fingerprint density at radius 3 is 2.53 bits per heavy atom. The maximum absolute atomic E-state index is 14.1. The van der Waals surface area contributed by atoms with Gasteiger partial charge in [-0.25, -0.2) is 8.42 Å². The summed E-state index contributed by atoms with van der Waals surface area (Å²) in [5, 5.41) is 17.9. The predicted molar refractivity (Wildman–Crippen MR) is 177 cm³/mol. The van der Waals surface area contributed by atoms with Crippen LogP contribution in [0.2, 0.25) is 0 Å². The molecule has 0 radical (unpaired) electrons. The van der Waals surface area contributed by atoms with Crippen molar-refractivity contribution in [1.29, 1.82) is 0 Å². The molecule has 2 saturated heterocycles. The number of aliphatic hydroxyl groups is 1. The van der Waals surface area contributed by atoms with Gasteiger partial charge in [0.25, 0.3) is 6.01 Å². The molecule has 2 aromatic carbocycles. The summed E-state index contributed by atoms with van der Waals surface area (Å²) < 4.78 is 47.0. The maximum Gasteiger partial charge on any atom is 0.295 e. The largest absolute Gasteiger partial charge is 0.424 e. The van der Waals surface area contributed by atoms with E-state index < -0.39 is 28.2 Å². The second-order valence-electron chi connectivity index (χ2n) is 14.0. The summed E-state index contributed by atoms with van der Waals surface area (Å²) in [6.45, 7) is 8.69. The van der Waals surface area contributed by atoms with Crippen LogP contribution in [0.25, 0.3) is 11.1 Å². The lowest BCUT2D eigenvalue weighted by molar-refractivity contribution is -0.166. The molecule has 3 aromatic rings. The summed E-state index contributed by atoms with van der Waals surface area (Å²) in [6, 6.07) is 12.9. The van der Waals surface area contributed by atoms with E-state index in [0.29, 0.717) is 36.7 Å². The van der Waals surface area contributed by atoms with Gasteiger partial charge in [-0.2, -0.15) is 9.29 Å². The van der Waals surface area contributed by atoms with E-state index in [4.69, 9.17) is 19.6 Å². The number of carbonyl (C=O) groups excluding carboxylic acids is 1. The Labute approximate surface area is 276 Å². The van der Waals surface area contributed by atoms with Crippen LogP contribution in [-0.4, -0.2) is 85.5 Å². The van der Waals surface area contributed by atoms with Crippen molar-refractivity contribution in [2.75, 3.05) is 31.6 Å². The normalized spacial score (nSPS) is 25.9. The number of hydrogen-bond donors (Lipinski definition) is 4. The third kappa shape index (κ3) is 7.20. The van der Waals surface area contributed by atoms with Gasteiger partial charge in [0.15, 0.2) is 11.9 Å². The molecule has 13 heteroatoms. The average molecular weight is 670 g/mol. The first kappa shape index (κ1) is 33.8. The summed E-state index contributed by atoms with van der Waals surface area (Å²) in [5.74, 6) is 0.0652. The van der Waals surface area contributed by atoms with Crippen molar-refractivity contribution in [2.24, 2.45) is 35.3 Å². The Balaban J connectivity index is 1.23. The molecule has 1 aromatic heterocycles. The Bertz CT molecular complexity index is 1650. The van der Waals surface area contributed by atoms with E-state index in [1.54, 1.807) is 6.07 Å². The number of rotatable bonds is 14. The van der Waals surface area contributed by atoms with Gasteiger partial charge in [-0.15, -0.1) is 0 Å². The molecule has 47 heavy (non-hydrogen) atoms. The van der Waals surface area contributed by atoms with Gasteiger partial charge in [0, 0.05) is 31.1 Å². The fraction of sp³-hybridized carbons (Fsp3) is 0.588. The average Bonchev–Trinajstić information content (AvgIpc) is 3.70. The van der Waals surface area contributed by atoms with Gasteiger partial charge < -0.3 is 35.4 Å². The number of carbonyl (C=O) groups is 1. The van der Waals surface area contributed by atoms with Crippen LogP contribution in [0, 0.1) is 29.6 Å². The highest BCUT2D eigenvalue weighted by Gasteiger charge is 2.57. The standard InChI is InChI=1S/C34H47N5O7S/c1-19(2)15-39(47(42,43)23-10-11-26-29(14-23)46-34(38-26)36-20(3)4)16-28(40)27(12-21-8-6-5-7-9-21)37-32(41)31(35)30-22-13-24-25(30)18-45-33(24)44-17-22/h5-11,14,19-20,22,24-25,27-28,30-31,33,40H,12-13,15-18,35H2,1-4H3,(H,36,38)(H,37,41)/t22?,24?,25-,27+,28-,30+,31-,33+/m1/s1. The number of hydrogen-bond acceptors (Lipinski definition) is 10. The van der Waals surface area contributed by atoms with Gasteiger partial charge in [-0.3, -0.25) is 4.79 Å². The molecule has 1 saturated carbocycles. The quantitative estimate of drug-likeness (QED) is 0.200. The number of aromatic nitrogens is 1. The van der Waals surface area contributed by atoms with Crippen molar-refractivity contribution in [3.05, 3.63) is 54.1 Å². The maximum atomic E-state index is 14.1. The van der Waals surface area contributed by atoms with Gasteiger partial charge in [-0.1, -0.05) is 44.2 Å². The molecule has 2 aliphatic heterocycles. The third-order valence-corrected chi connectivity index (χ3v) is 11.4. The number of amides is 1. The van der Waals surface area contributed by atoms with Crippen molar-refractivity contribution in [3.8, 4) is 0 Å². The summed E-state index contributed by atoms with van der Waals surface area (Å²) >= 11 is 0. The van der Waals surface area contributed by atoms with Crippen molar-refractivity contribution in [1.82, 2.24) is 14.6 Å².